The molecule has 0 atom stereocenters. The first kappa shape index (κ1) is 25.7. The second-order valence-electron chi connectivity index (χ2n) is 7.34. The number of nitrogens with zero attached hydrogens (tertiary/aromatic N) is 1. The minimum atomic E-state index is -0.912. The average Bonchev–Trinajstić information content (AvgIpc) is 2.85. The van der Waals surface area contributed by atoms with Gasteiger partial charge in [-0.2, -0.15) is 5.10 Å². The molecule has 0 aliphatic heterocycles. The van der Waals surface area contributed by atoms with E-state index in [1.54, 1.807) is 42.5 Å². The standard InChI is InChI=1S/C25H22Cl2N4O4/c1-16-9-11-17(12-10-16)13-28-24(33)25(34)31-29-14-18-5-2-3-8-21(18)35-15-22(32)30-20-7-4-6-19(26)23(20)27/h2-12,14H,13,15H2,1H3,(H,28,33)(H,30,32)(H,31,34)/b29-14-. The molecule has 0 fully saturated rings. The Morgan fingerprint density at radius 1 is 0.943 bits per heavy atom. The number of aryl methyl sites for hydroxylation is 1. The van der Waals surface area contributed by atoms with E-state index in [0.717, 1.165) is 11.1 Å². The number of para-hydroxylation sites is 1. The minimum absolute atomic E-state index is 0.218. The van der Waals surface area contributed by atoms with Crippen molar-refractivity contribution >= 4 is 52.8 Å². The fraction of sp³-hybridized carbons (Fsp3) is 0.120. The van der Waals surface area contributed by atoms with Gasteiger partial charge in [0, 0.05) is 12.1 Å². The van der Waals surface area contributed by atoms with E-state index in [1.165, 1.54) is 6.21 Å². The molecule has 3 amide bonds. The predicted molar refractivity (Wildman–Crippen MR) is 136 cm³/mol. The number of anilines is 1. The van der Waals surface area contributed by atoms with Crippen molar-refractivity contribution < 1.29 is 19.1 Å². The number of hydrogen-bond donors (Lipinski definition) is 3. The highest BCUT2D eigenvalue weighted by atomic mass is 35.5. The van der Waals surface area contributed by atoms with E-state index in [2.05, 4.69) is 21.2 Å². The molecule has 3 aromatic rings. The van der Waals surface area contributed by atoms with Gasteiger partial charge in [-0.1, -0.05) is 71.2 Å². The summed E-state index contributed by atoms with van der Waals surface area (Å²) in [7, 11) is 0. The zero-order valence-electron chi connectivity index (χ0n) is 18.7. The van der Waals surface area contributed by atoms with Crippen LogP contribution in [0.4, 0.5) is 5.69 Å². The van der Waals surface area contributed by atoms with E-state index < -0.39 is 17.7 Å². The van der Waals surface area contributed by atoms with Gasteiger partial charge in [-0.15, -0.1) is 0 Å². The van der Waals surface area contributed by atoms with Gasteiger partial charge in [-0.3, -0.25) is 14.4 Å². The van der Waals surface area contributed by atoms with Gasteiger partial charge >= 0.3 is 11.8 Å². The van der Waals surface area contributed by atoms with E-state index in [9.17, 15) is 14.4 Å². The van der Waals surface area contributed by atoms with Gasteiger partial charge in [-0.25, -0.2) is 5.43 Å². The molecule has 0 radical (unpaired) electrons. The number of benzene rings is 3. The summed E-state index contributed by atoms with van der Waals surface area (Å²) >= 11 is 12.0. The summed E-state index contributed by atoms with van der Waals surface area (Å²) in [6, 6.07) is 19.2. The van der Waals surface area contributed by atoms with Gasteiger partial charge in [0.05, 0.1) is 21.9 Å². The number of nitrogens with one attached hydrogen (secondary N) is 3. The van der Waals surface area contributed by atoms with Crippen molar-refractivity contribution in [3.63, 3.8) is 0 Å². The largest absolute Gasteiger partial charge is 0.483 e. The Morgan fingerprint density at radius 3 is 2.46 bits per heavy atom. The molecule has 0 saturated carbocycles. The van der Waals surface area contributed by atoms with E-state index in [4.69, 9.17) is 27.9 Å². The summed E-state index contributed by atoms with van der Waals surface area (Å²) in [6.45, 7) is 1.87. The van der Waals surface area contributed by atoms with Crippen LogP contribution in [0.5, 0.6) is 5.75 Å². The summed E-state index contributed by atoms with van der Waals surface area (Å²) < 4.78 is 5.57. The Labute approximate surface area is 212 Å². The monoisotopic (exact) mass is 512 g/mol. The number of rotatable bonds is 8. The molecule has 8 nitrogen and oxygen atoms in total. The Bertz CT molecular complexity index is 1250. The number of ether oxygens (including phenoxy) is 1. The van der Waals surface area contributed by atoms with Crippen molar-refractivity contribution in [2.45, 2.75) is 13.5 Å². The van der Waals surface area contributed by atoms with Gasteiger partial charge in [0.15, 0.2) is 6.61 Å². The van der Waals surface area contributed by atoms with Gasteiger partial charge in [-0.05, 0) is 36.8 Å². The van der Waals surface area contributed by atoms with Crippen LogP contribution in [-0.2, 0) is 20.9 Å². The average molecular weight is 513 g/mol. The lowest BCUT2D eigenvalue weighted by atomic mass is 10.1. The van der Waals surface area contributed by atoms with Crippen molar-refractivity contribution in [3.8, 4) is 5.75 Å². The van der Waals surface area contributed by atoms with Gasteiger partial charge in [0.25, 0.3) is 5.91 Å². The van der Waals surface area contributed by atoms with Crippen molar-refractivity contribution in [1.82, 2.24) is 10.7 Å². The van der Waals surface area contributed by atoms with Crippen molar-refractivity contribution in [3.05, 3.63) is 93.5 Å². The van der Waals surface area contributed by atoms with Crippen molar-refractivity contribution in [2.75, 3.05) is 11.9 Å². The molecule has 180 valence electrons. The Kier molecular flexibility index (Phi) is 9.23. The quantitative estimate of drug-likeness (QED) is 0.240. The predicted octanol–water partition coefficient (Wildman–Crippen LogP) is 4.09. The highest BCUT2D eigenvalue weighted by molar-refractivity contribution is 6.44. The van der Waals surface area contributed by atoms with Crippen LogP contribution < -0.4 is 20.8 Å². The maximum absolute atomic E-state index is 12.2. The van der Waals surface area contributed by atoms with Crippen molar-refractivity contribution in [2.24, 2.45) is 5.10 Å². The van der Waals surface area contributed by atoms with Gasteiger partial charge in [0.2, 0.25) is 0 Å². The molecule has 0 spiro atoms. The first-order chi connectivity index (χ1) is 16.8. The van der Waals surface area contributed by atoms with Crippen LogP contribution in [0.1, 0.15) is 16.7 Å². The summed E-state index contributed by atoms with van der Waals surface area (Å²) in [5.74, 6) is -1.82. The Morgan fingerprint density at radius 2 is 1.69 bits per heavy atom. The zero-order chi connectivity index (χ0) is 25.2. The van der Waals surface area contributed by atoms with Crippen LogP contribution >= 0.6 is 23.2 Å². The molecule has 3 aromatic carbocycles. The zero-order valence-corrected chi connectivity index (χ0v) is 20.2. The first-order valence-electron chi connectivity index (χ1n) is 10.5. The number of carbonyl (C=O) groups excluding carboxylic acids is 3. The molecule has 0 aliphatic carbocycles. The summed E-state index contributed by atoms with van der Waals surface area (Å²) in [5, 5.41) is 9.50. The lowest BCUT2D eigenvalue weighted by Gasteiger charge is -2.11. The molecule has 0 unspecified atom stereocenters. The minimum Gasteiger partial charge on any atom is -0.483 e. The third kappa shape index (κ3) is 7.84. The maximum atomic E-state index is 12.2. The number of carbonyl (C=O) groups is 3. The molecule has 0 bridgehead atoms. The molecule has 0 heterocycles. The fourth-order valence-electron chi connectivity index (χ4n) is 2.83. The molecular formula is C25H22Cl2N4O4. The van der Waals surface area contributed by atoms with E-state index in [0.29, 0.717) is 22.0 Å². The lowest BCUT2D eigenvalue weighted by Crippen LogP contribution is -2.37. The maximum Gasteiger partial charge on any atom is 0.329 e. The smallest absolute Gasteiger partial charge is 0.329 e. The number of amides is 3. The van der Waals surface area contributed by atoms with E-state index >= 15 is 0 Å². The Hall–Kier alpha value is -3.88. The van der Waals surface area contributed by atoms with Crippen LogP contribution in [0.3, 0.4) is 0 Å². The first-order valence-corrected chi connectivity index (χ1v) is 11.2. The number of hydrazone groups is 1. The van der Waals surface area contributed by atoms with E-state index in [1.807, 2.05) is 31.2 Å². The highest BCUT2D eigenvalue weighted by Gasteiger charge is 2.13. The molecule has 35 heavy (non-hydrogen) atoms. The van der Waals surface area contributed by atoms with Crippen LogP contribution in [0.2, 0.25) is 10.0 Å². The van der Waals surface area contributed by atoms with Crippen LogP contribution in [0.15, 0.2) is 71.8 Å². The SMILES string of the molecule is Cc1ccc(CNC(=O)C(=O)N/N=C\c2ccccc2OCC(=O)Nc2cccc(Cl)c2Cl)cc1. The lowest BCUT2D eigenvalue weighted by molar-refractivity contribution is -0.139. The summed E-state index contributed by atoms with van der Waals surface area (Å²) in [4.78, 5) is 36.2. The molecular weight excluding hydrogens is 491 g/mol. The molecule has 10 heteroatoms. The fourth-order valence-corrected chi connectivity index (χ4v) is 3.18. The number of halogens is 2. The number of hydrogen-bond acceptors (Lipinski definition) is 5. The van der Waals surface area contributed by atoms with Gasteiger partial charge in [0.1, 0.15) is 5.75 Å². The molecule has 0 aliphatic rings. The highest BCUT2D eigenvalue weighted by Crippen LogP contribution is 2.29. The van der Waals surface area contributed by atoms with Crippen molar-refractivity contribution in [1.29, 1.82) is 0 Å². The molecule has 0 aromatic heterocycles. The second kappa shape index (κ2) is 12.5. The van der Waals surface area contributed by atoms with Crippen LogP contribution in [0, 0.1) is 6.92 Å². The second-order valence-corrected chi connectivity index (χ2v) is 8.13. The summed E-state index contributed by atoms with van der Waals surface area (Å²) in [6.07, 6.45) is 1.31. The normalized spacial score (nSPS) is 10.6. The Balaban J connectivity index is 1.50. The van der Waals surface area contributed by atoms with E-state index in [-0.39, 0.29) is 18.2 Å². The summed E-state index contributed by atoms with van der Waals surface area (Å²) in [5.41, 5.74) is 4.99. The topological polar surface area (TPSA) is 109 Å². The third-order valence-electron chi connectivity index (χ3n) is 4.65. The molecule has 0 saturated heterocycles. The molecule has 3 N–H and O–H groups in total. The molecule has 3 rings (SSSR count). The van der Waals surface area contributed by atoms with Crippen LogP contribution in [-0.4, -0.2) is 30.5 Å². The third-order valence-corrected chi connectivity index (χ3v) is 5.47. The van der Waals surface area contributed by atoms with Crippen LogP contribution in [0.25, 0.3) is 0 Å². The van der Waals surface area contributed by atoms with Gasteiger partial charge < -0.3 is 15.4 Å².